The summed E-state index contributed by atoms with van der Waals surface area (Å²) in [7, 11) is 1.40. The highest BCUT2D eigenvalue weighted by Crippen LogP contribution is 2.32. The van der Waals surface area contributed by atoms with Crippen molar-refractivity contribution in [2.24, 2.45) is 5.92 Å². The lowest BCUT2D eigenvalue weighted by atomic mass is 10.1. The molecule has 1 saturated heterocycles. The number of hydrogen-bond donors (Lipinski definition) is 2. The monoisotopic (exact) mass is 451 g/mol. The van der Waals surface area contributed by atoms with Crippen LogP contribution in [-0.2, 0) is 14.4 Å². The van der Waals surface area contributed by atoms with E-state index >= 15 is 0 Å². The Kier molecular flexibility index (Phi) is 6.56. The average Bonchev–Trinajstić information content (AvgIpc) is 3.08. The fraction of sp³-hybridized carbons (Fsp3) is 0.286. The molecule has 1 aliphatic rings. The van der Waals surface area contributed by atoms with Gasteiger partial charge >= 0.3 is 6.36 Å². The summed E-state index contributed by atoms with van der Waals surface area (Å²) in [5.74, 6) is -2.63. The summed E-state index contributed by atoms with van der Waals surface area (Å²) >= 11 is 0. The molecule has 1 aliphatic heterocycles. The van der Waals surface area contributed by atoms with Crippen molar-refractivity contribution in [1.82, 2.24) is 0 Å². The number of rotatable bonds is 6. The fourth-order valence-electron chi connectivity index (χ4n) is 3.33. The molecule has 0 aliphatic carbocycles. The van der Waals surface area contributed by atoms with Crippen LogP contribution in [-0.4, -0.2) is 37.7 Å². The van der Waals surface area contributed by atoms with E-state index in [0.717, 1.165) is 12.1 Å². The summed E-state index contributed by atoms with van der Waals surface area (Å²) in [6.07, 6.45) is -4.69. The van der Waals surface area contributed by atoms with Crippen LogP contribution in [0.5, 0.6) is 11.5 Å². The lowest BCUT2D eigenvalue weighted by Crippen LogP contribution is -2.33. The molecule has 2 aromatic carbocycles. The van der Waals surface area contributed by atoms with Gasteiger partial charge in [0.1, 0.15) is 17.4 Å². The van der Waals surface area contributed by atoms with Crippen LogP contribution in [0.4, 0.5) is 30.2 Å². The van der Waals surface area contributed by atoms with Crippen LogP contribution in [0.1, 0.15) is 13.3 Å². The number of hydrogen-bond acceptors (Lipinski definition) is 5. The maximum absolute atomic E-state index is 12.8. The van der Waals surface area contributed by atoms with Crippen LogP contribution in [0, 0.1) is 5.92 Å². The molecule has 3 rings (SSSR count). The predicted molar refractivity (Wildman–Crippen MR) is 110 cm³/mol. The number of amides is 3. The zero-order valence-electron chi connectivity index (χ0n) is 17.2. The van der Waals surface area contributed by atoms with E-state index in [1.807, 2.05) is 0 Å². The van der Waals surface area contributed by atoms with Gasteiger partial charge in [0.2, 0.25) is 17.7 Å². The third-order valence-electron chi connectivity index (χ3n) is 4.66. The Balaban J connectivity index is 1.74. The lowest BCUT2D eigenvalue weighted by molar-refractivity contribution is -0.274. The normalized spacial score (nSPS) is 16.0. The maximum atomic E-state index is 12.8. The molecule has 0 unspecified atom stereocenters. The highest BCUT2D eigenvalue weighted by molar-refractivity contribution is 6.13. The molecule has 0 bridgehead atoms. The Labute approximate surface area is 181 Å². The minimum absolute atomic E-state index is 0.148. The fourth-order valence-corrected chi connectivity index (χ4v) is 3.33. The molecule has 3 amide bonds. The van der Waals surface area contributed by atoms with Crippen molar-refractivity contribution in [1.29, 1.82) is 0 Å². The van der Waals surface area contributed by atoms with Gasteiger partial charge < -0.3 is 25.0 Å². The van der Waals surface area contributed by atoms with Gasteiger partial charge in [-0.2, -0.15) is 0 Å². The van der Waals surface area contributed by atoms with Crippen LogP contribution < -0.4 is 25.0 Å². The maximum Gasteiger partial charge on any atom is 0.573 e. The molecule has 8 nitrogen and oxygen atoms in total. The molecule has 0 saturated carbocycles. The molecule has 1 atom stereocenters. The van der Waals surface area contributed by atoms with Gasteiger partial charge in [0.15, 0.2) is 0 Å². The van der Waals surface area contributed by atoms with E-state index in [-0.39, 0.29) is 30.2 Å². The largest absolute Gasteiger partial charge is 0.573 e. The van der Waals surface area contributed by atoms with Crippen molar-refractivity contribution in [3.8, 4) is 11.5 Å². The molecular formula is C21H20F3N3O5. The number of alkyl halides is 3. The number of methoxy groups -OCH3 is 1. The standard InChI is InChI=1S/C21H20F3N3O5/c1-12(28)25-13-6-7-18(31-2)17(10-13)26-19(29)16-8-9-27(20(16)30)14-4-3-5-15(11-14)32-21(22,23)24/h3-7,10-11,16H,8-9H2,1-2H3,(H,25,28)(H,26,29)/t16-/m1/s1. The Morgan fingerprint density at radius 2 is 1.88 bits per heavy atom. The zero-order valence-corrected chi connectivity index (χ0v) is 17.2. The second-order valence-electron chi connectivity index (χ2n) is 6.96. The summed E-state index contributed by atoms with van der Waals surface area (Å²) < 4.78 is 46.5. The Bertz CT molecular complexity index is 1040. The van der Waals surface area contributed by atoms with E-state index in [1.165, 1.54) is 37.1 Å². The number of nitrogens with one attached hydrogen (secondary N) is 2. The third kappa shape index (κ3) is 5.48. The van der Waals surface area contributed by atoms with Gasteiger partial charge in [-0.05, 0) is 36.8 Å². The second kappa shape index (κ2) is 9.16. The van der Waals surface area contributed by atoms with Gasteiger partial charge in [-0.15, -0.1) is 13.2 Å². The molecule has 11 heteroatoms. The number of carbonyl (C=O) groups is 3. The number of carbonyl (C=O) groups excluding carboxylic acids is 3. The predicted octanol–water partition coefficient (Wildman–Crippen LogP) is 3.54. The lowest BCUT2D eigenvalue weighted by Gasteiger charge is -2.18. The first-order valence-electron chi connectivity index (χ1n) is 9.51. The van der Waals surface area contributed by atoms with E-state index in [4.69, 9.17) is 4.74 Å². The number of benzene rings is 2. The van der Waals surface area contributed by atoms with Gasteiger partial charge in [-0.3, -0.25) is 14.4 Å². The minimum atomic E-state index is -4.86. The number of anilines is 3. The minimum Gasteiger partial charge on any atom is -0.495 e. The molecule has 0 aromatic heterocycles. The molecule has 170 valence electrons. The molecule has 2 N–H and O–H groups in total. The number of nitrogens with zero attached hydrogens (tertiary/aromatic N) is 1. The topological polar surface area (TPSA) is 97.0 Å². The quantitative estimate of drug-likeness (QED) is 0.655. The first-order valence-corrected chi connectivity index (χ1v) is 9.51. The summed E-state index contributed by atoms with van der Waals surface area (Å²) in [5, 5.41) is 5.21. The molecule has 1 heterocycles. The van der Waals surface area contributed by atoms with Gasteiger partial charge in [0.25, 0.3) is 0 Å². The van der Waals surface area contributed by atoms with Crippen LogP contribution in [0.3, 0.4) is 0 Å². The first kappa shape index (κ1) is 22.9. The van der Waals surface area contributed by atoms with Crippen molar-refractivity contribution in [2.45, 2.75) is 19.7 Å². The van der Waals surface area contributed by atoms with E-state index in [0.29, 0.717) is 11.4 Å². The van der Waals surface area contributed by atoms with E-state index in [1.54, 1.807) is 12.1 Å². The summed E-state index contributed by atoms with van der Waals surface area (Å²) in [5.41, 5.74) is 0.877. The van der Waals surface area contributed by atoms with Gasteiger partial charge in [-0.1, -0.05) is 6.07 Å². The van der Waals surface area contributed by atoms with Crippen molar-refractivity contribution >= 4 is 34.8 Å². The zero-order chi connectivity index (χ0) is 23.5. The van der Waals surface area contributed by atoms with Crippen LogP contribution in [0.2, 0.25) is 0 Å². The van der Waals surface area contributed by atoms with E-state index in [9.17, 15) is 27.6 Å². The summed E-state index contributed by atoms with van der Waals surface area (Å²) in [4.78, 5) is 38.1. The van der Waals surface area contributed by atoms with Crippen molar-refractivity contribution in [3.63, 3.8) is 0 Å². The number of halogens is 3. The van der Waals surface area contributed by atoms with E-state index in [2.05, 4.69) is 15.4 Å². The molecule has 1 fully saturated rings. The molecule has 0 radical (unpaired) electrons. The molecular weight excluding hydrogens is 431 g/mol. The van der Waals surface area contributed by atoms with Crippen LogP contribution in [0.15, 0.2) is 42.5 Å². The van der Waals surface area contributed by atoms with Crippen molar-refractivity contribution in [2.75, 3.05) is 29.2 Å². The number of ether oxygens (including phenoxy) is 2. The Morgan fingerprint density at radius 1 is 1.12 bits per heavy atom. The van der Waals surface area contributed by atoms with Crippen LogP contribution in [0.25, 0.3) is 0 Å². The van der Waals surface area contributed by atoms with Crippen LogP contribution >= 0.6 is 0 Å². The SMILES string of the molecule is COc1ccc(NC(C)=O)cc1NC(=O)[C@H]1CCN(c2cccc(OC(F)(F)F)c2)C1=O. The smallest absolute Gasteiger partial charge is 0.495 e. The van der Waals surface area contributed by atoms with Crippen molar-refractivity contribution in [3.05, 3.63) is 42.5 Å². The summed E-state index contributed by atoms with van der Waals surface area (Å²) in [6.45, 7) is 1.48. The second-order valence-corrected chi connectivity index (χ2v) is 6.96. The van der Waals surface area contributed by atoms with Gasteiger partial charge in [0.05, 0.1) is 12.8 Å². The van der Waals surface area contributed by atoms with Crippen molar-refractivity contribution < 1.29 is 37.0 Å². The average molecular weight is 451 g/mol. The molecule has 0 spiro atoms. The Morgan fingerprint density at radius 3 is 2.53 bits per heavy atom. The Hall–Kier alpha value is -3.76. The highest BCUT2D eigenvalue weighted by atomic mass is 19.4. The third-order valence-corrected chi connectivity index (χ3v) is 4.66. The first-order chi connectivity index (χ1) is 15.1. The van der Waals surface area contributed by atoms with Gasteiger partial charge in [-0.25, -0.2) is 0 Å². The molecule has 32 heavy (non-hydrogen) atoms. The highest BCUT2D eigenvalue weighted by Gasteiger charge is 2.38. The van der Waals surface area contributed by atoms with E-state index < -0.39 is 29.8 Å². The van der Waals surface area contributed by atoms with Gasteiger partial charge in [0, 0.05) is 30.9 Å². The summed E-state index contributed by atoms with van der Waals surface area (Å²) in [6, 6.07) is 9.63. The molecule has 2 aromatic rings.